The molecule has 0 aliphatic rings. The maximum Gasteiger partial charge on any atom is 0.274 e. The van der Waals surface area contributed by atoms with Gasteiger partial charge in [-0.05, 0) is 66.4 Å². The molecule has 148 valence electrons. The summed E-state index contributed by atoms with van der Waals surface area (Å²) in [4.78, 5) is 28.0. The summed E-state index contributed by atoms with van der Waals surface area (Å²) in [6, 6.07) is 18.5. The first-order valence-corrected chi connectivity index (χ1v) is 9.48. The number of nitrogens with one attached hydrogen (secondary N) is 2. The number of anilines is 3. The highest BCUT2D eigenvalue weighted by atomic mass is 16.2. The van der Waals surface area contributed by atoms with Crippen LogP contribution in [-0.2, 0) is 5.41 Å². The predicted octanol–water partition coefficient (Wildman–Crippen LogP) is 5.58. The van der Waals surface area contributed by atoms with Crippen molar-refractivity contribution in [1.29, 1.82) is 0 Å². The van der Waals surface area contributed by atoms with Crippen molar-refractivity contribution in [3.8, 4) is 0 Å². The number of hydrogen-bond donors (Lipinski definition) is 2. The van der Waals surface area contributed by atoms with E-state index in [-0.39, 0.29) is 17.1 Å². The van der Waals surface area contributed by atoms with E-state index in [1.807, 2.05) is 36.4 Å². The van der Waals surface area contributed by atoms with E-state index in [0.717, 1.165) is 17.1 Å². The van der Waals surface area contributed by atoms with Crippen molar-refractivity contribution in [2.75, 3.05) is 10.6 Å². The van der Waals surface area contributed by atoms with Gasteiger partial charge in [0.1, 0.15) is 5.69 Å². The molecule has 1 amide bonds. The minimum absolute atomic E-state index is 0.0293. The van der Waals surface area contributed by atoms with Crippen molar-refractivity contribution in [2.45, 2.75) is 33.1 Å². The lowest BCUT2D eigenvalue weighted by Crippen LogP contribution is -2.14. The van der Waals surface area contributed by atoms with Crippen LogP contribution < -0.4 is 10.6 Å². The van der Waals surface area contributed by atoms with E-state index in [0.29, 0.717) is 11.3 Å². The third kappa shape index (κ3) is 5.29. The first kappa shape index (κ1) is 20.3. The molecule has 0 saturated carbocycles. The van der Waals surface area contributed by atoms with E-state index in [4.69, 9.17) is 0 Å². The Bertz CT molecular complexity index is 1000. The Kier molecular flexibility index (Phi) is 5.78. The average molecular weight is 387 g/mol. The summed E-state index contributed by atoms with van der Waals surface area (Å²) in [6.07, 6.45) is 1.61. The number of Topliss-reactive ketones (excluding diaryl/α,β-unsaturated/α-hetero) is 1. The van der Waals surface area contributed by atoms with Crippen molar-refractivity contribution in [3.05, 3.63) is 83.7 Å². The van der Waals surface area contributed by atoms with Crippen molar-refractivity contribution in [3.63, 3.8) is 0 Å². The predicted molar refractivity (Wildman–Crippen MR) is 117 cm³/mol. The van der Waals surface area contributed by atoms with Gasteiger partial charge in [-0.25, -0.2) is 4.98 Å². The number of pyridine rings is 1. The lowest BCUT2D eigenvalue weighted by molar-refractivity contribution is 0.101. The molecule has 5 heteroatoms. The van der Waals surface area contributed by atoms with Gasteiger partial charge < -0.3 is 10.6 Å². The highest BCUT2D eigenvalue weighted by Gasteiger charge is 2.14. The van der Waals surface area contributed by atoms with Crippen LogP contribution >= 0.6 is 0 Å². The number of hydrogen-bond acceptors (Lipinski definition) is 4. The SMILES string of the molecule is CC(=O)c1ccc(Nc2ccc(C(=O)Nc3ccc(C(C)(C)C)cc3)nc2)cc1. The van der Waals surface area contributed by atoms with E-state index in [2.05, 4.69) is 36.4 Å². The second-order valence-corrected chi connectivity index (χ2v) is 7.97. The third-order valence-corrected chi connectivity index (χ3v) is 4.59. The second-order valence-electron chi connectivity index (χ2n) is 7.97. The van der Waals surface area contributed by atoms with Crippen LogP contribution in [-0.4, -0.2) is 16.7 Å². The molecule has 5 nitrogen and oxygen atoms in total. The first-order valence-electron chi connectivity index (χ1n) is 9.48. The van der Waals surface area contributed by atoms with E-state index < -0.39 is 0 Å². The molecule has 0 atom stereocenters. The van der Waals surface area contributed by atoms with Gasteiger partial charge in [0.2, 0.25) is 0 Å². The molecule has 1 aromatic heterocycles. The van der Waals surface area contributed by atoms with Crippen LogP contribution in [0.25, 0.3) is 0 Å². The summed E-state index contributed by atoms with van der Waals surface area (Å²) in [6.45, 7) is 7.99. The zero-order valence-corrected chi connectivity index (χ0v) is 17.1. The maximum absolute atomic E-state index is 12.4. The largest absolute Gasteiger partial charge is 0.354 e. The molecule has 3 rings (SSSR count). The van der Waals surface area contributed by atoms with Crippen LogP contribution in [0, 0.1) is 0 Å². The number of rotatable bonds is 5. The molecule has 0 spiro atoms. The minimum atomic E-state index is -0.258. The van der Waals surface area contributed by atoms with Gasteiger partial charge in [-0.15, -0.1) is 0 Å². The molecule has 2 N–H and O–H groups in total. The molecular formula is C24H25N3O2. The Morgan fingerprint density at radius 1 is 0.793 bits per heavy atom. The molecule has 0 bridgehead atoms. The minimum Gasteiger partial charge on any atom is -0.354 e. The monoisotopic (exact) mass is 387 g/mol. The van der Waals surface area contributed by atoms with E-state index >= 15 is 0 Å². The molecule has 3 aromatic rings. The Hall–Kier alpha value is -3.47. The zero-order chi connectivity index (χ0) is 21.0. The number of carbonyl (C=O) groups is 2. The molecule has 0 aliphatic carbocycles. The van der Waals surface area contributed by atoms with Crippen LogP contribution in [0.15, 0.2) is 66.9 Å². The van der Waals surface area contributed by atoms with Gasteiger partial charge >= 0.3 is 0 Å². The van der Waals surface area contributed by atoms with E-state index in [1.54, 1.807) is 30.5 Å². The molecule has 0 saturated heterocycles. The number of ketones is 1. The highest BCUT2D eigenvalue weighted by Crippen LogP contribution is 2.23. The molecule has 0 fully saturated rings. The summed E-state index contributed by atoms with van der Waals surface area (Å²) >= 11 is 0. The van der Waals surface area contributed by atoms with Gasteiger partial charge in [-0.3, -0.25) is 9.59 Å². The van der Waals surface area contributed by atoms with Crippen LogP contribution in [0.1, 0.15) is 54.1 Å². The van der Waals surface area contributed by atoms with Crippen molar-refractivity contribution < 1.29 is 9.59 Å². The van der Waals surface area contributed by atoms with Gasteiger partial charge in [0.05, 0.1) is 11.9 Å². The topological polar surface area (TPSA) is 71.1 Å². The molecule has 29 heavy (non-hydrogen) atoms. The Morgan fingerprint density at radius 3 is 1.90 bits per heavy atom. The molecule has 1 heterocycles. The lowest BCUT2D eigenvalue weighted by atomic mass is 9.87. The maximum atomic E-state index is 12.4. The van der Waals surface area contributed by atoms with E-state index in [1.165, 1.54) is 12.5 Å². The number of nitrogens with zero attached hydrogens (tertiary/aromatic N) is 1. The standard InChI is InChI=1S/C24H25N3O2/c1-16(28)17-5-9-19(10-6-17)26-21-13-14-22(25-15-21)23(29)27-20-11-7-18(8-12-20)24(2,3)4/h5-15,26H,1-4H3,(H,27,29). The summed E-state index contributed by atoms with van der Waals surface area (Å²) in [5.41, 5.74) is 4.61. The van der Waals surface area contributed by atoms with Crippen LogP contribution in [0.2, 0.25) is 0 Å². The Balaban J connectivity index is 1.63. The molecule has 0 aliphatic heterocycles. The smallest absolute Gasteiger partial charge is 0.274 e. The van der Waals surface area contributed by atoms with Crippen LogP contribution in [0.5, 0.6) is 0 Å². The van der Waals surface area contributed by atoms with Gasteiger partial charge in [0.25, 0.3) is 5.91 Å². The zero-order valence-electron chi connectivity index (χ0n) is 17.1. The van der Waals surface area contributed by atoms with Crippen LogP contribution in [0.4, 0.5) is 17.1 Å². The first-order chi connectivity index (χ1) is 13.7. The Morgan fingerprint density at radius 2 is 1.38 bits per heavy atom. The van der Waals surface area contributed by atoms with Gasteiger partial charge in [0.15, 0.2) is 5.78 Å². The normalized spacial score (nSPS) is 11.0. The quantitative estimate of drug-likeness (QED) is 0.561. The number of amides is 1. The van der Waals surface area contributed by atoms with Gasteiger partial charge in [-0.1, -0.05) is 32.9 Å². The molecular weight excluding hydrogens is 362 g/mol. The molecule has 2 aromatic carbocycles. The summed E-state index contributed by atoms with van der Waals surface area (Å²) in [5, 5.41) is 6.07. The average Bonchev–Trinajstić information content (AvgIpc) is 2.68. The number of benzene rings is 2. The van der Waals surface area contributed by atoms with Crippen LogP contribution in [0.3, 0.4) is 0 Å². The highest BCUT2D eigenvalue weighted by molar-refractivity contribution is 6.03. The molecule has 0 unspecified atom stereocenters. The number of aromatic nitrogens is 1. The van der Waals surface area contributed by atoms with Gasteiger partial charge in [0, 0.05) is 16.9 Å². The number of carbonyl (C=O) groups excluding carboxylic acids is 2. The summed E-state index contributed by atoms with van der Waals surface area (Å²) < 4.78 is 0. The lowest BCUT2D eigenvalue weighted by Gasteiger charge is -2.19. The second kappa shape index (κ2) is 8.27. The Labute approximate surface area is 171 Å². The fourth-order valence-corrected chi connectivity index (χ4v) is 2.81. The fourth-order valence-electron chi connectivity index (χ4n) is 2.81. The fraction of sp³-hybridized carbons (Fsp3) is 0.208. The van der Waals surface area contributed by atoms with Crippen molar-refractivity contribution in [1.82, 2.24) is 4.98 Å². The summed E-state index contributed by atoms with van der Waals surface area (Å²) in [5.74, 6) is -0.229. The van der Waals surface area contributed by atoms with Gasteiger partial charge in [-0.2, -0.15) is 0 Å². The van der Waals surface area contributed by atoms with E-state index in [9.17, 15) is 9.59 Å². The third-order valence-electron chi connectivity index (χ3n) is 4.59. The van der Waals surface area contributed by atoms with Crippen molar-refractivity contribution in [2.24, 2.45) is 0 Å². The summed E-state index contributed by atoms with van der Waals surface area (Å²) in [7, 11) is 0. The van der Waals surface area contributed by atoms with Crippen molar-refractivity contribution >= 4 is 28.8 Å². The molecule has 0 radical (unpaired) electrons.